The van der Waals surface area contributed by atoms with Crippen LogP contribution in [0.2, 0.25) is 0 Å². The van der Waals surface area contributed by atoms with Gasteiger partial charge < -0.3 is 10.5 Å². The van der Waals surface area contributed by atoms with E-state index in [4.69, 9.17) is 5.73 Å². The van der Waals surface area contributed by atoms with Crippen LogP contribution in [0.3, 0.4) is 0 Å². The number of allylic oxidation sites excluding steroid dienone is 1. The Kier molecular flexibility index (Phi) is 3.54. The highest BCUT2D eigenvalue weighted by molar-refractivity contribution is 5.88. The van der Waals surface area contributed by atoms with Gasteiger partial charge in [-0.25, -0.2) is 4.79 Å². The van der Waals surface area contributed by atoms with Gasteiger partial charge in [0.15, 0.2) is 0 Å². The van der Waals surface area contributed by atoms with E-state index >= 15 is 0 Å². The van der Waals surface area contributed by atoms with Crippen LogP contribution in [-0.4, -0.2) is 13.1 Å². The zero-order valence-corrected chi connectivity index (χ0v) is 6.60. The van der Waals surface area contributed by atoms with Crippen LogP contribution in [-0.2, 0) is 9.53 Å². The van der Waals surface area contributed by atoms with Crippen molar-refractivity contribution in [2.24, 2.45) is 5.73 Å². The van der Waals surface area contributed by atoms with Crippen molar-refractivity contribution in [3.05, 3.63) is 11.3 Å². The third-order valence-corrected chi connectivity index (χ3v) is 1.35. The summed E-state index contributed by atoms with van der Waals surface area (Å²) in [5, 5.41) is 0. The Morgan fingerprint density at radius 2 is 2.10 bits per heavy atom. The molecule has 0 spiro atoms. The number of hydrogen-bond acceptors (Lipinski definition) is 3. The number of rotatable bonds is 2. The van der Waals surface area contributed by atoms with E-state index in [0.29, 0.717) is 17.7 Å². The zero-order valence-electron chi connectivity index (χ0n) is 6.60. The molecule has 3 nitrogen and oxygen atoms in total. The molecule has 0 unspecified atom stereocenters. The van der Waals surface area contributed by atoms with Gasteiger partial charge in [-0.05, 0) is 13.3 Å². The van der Waals surface area contributed by atoms with Gasteiger partial charge in [0.1, 0.15) is 0 Å². The lowest BCUT2D eigenvalue weighted by molar-refractivity contribution is -0.136. The average molecular weight is 143 g/mol. The second-order valence-corrected chi connectivity index (χ2v) is 2.00. The largest absolute Gasteiger partial charge is 0.466 e. The van der Waals surface area contributed by atoms with Crippen LogP contribution in [0.4, 0.5) is 0 Å². The number of carbonyl (C=O) groups is 1. The highest BCUT2D eigenvalue weighted by atomic mass is 16.5. The first-order chi connectivity index (χ1) is 4.63. The molecule has 0 aliphatic carbocycles. The van der Waals surface area contributed by atoms with Crippen LogP contribution in [0.25, 0.3) is 0 Å². The summed E-state index contributed by atoms with van der Waals surface area (Å²) in [4.78, 5) is 10.8. The van der Waals surface area contributed by atoms with E-state index in [2.05, 4.69) is 4.74 Å². The number of carbonyl (C=O) groups excluding carboxylic acids is 1. The highest BCUT2D eigenvalue weighted by Gasteiger charge is 2.05. The minimum atomic E-state index is -0.348. The fourth-order valence-corrected chi connectivity index (χ4v) is 0.549. The van der Waals surface area contributed by atoms with Crippen molar-refractivity contribution in [2.45, 2.75) is 20.3 Å². The van der Waals surface area contributed by atoms with Crippen LogP contribution in [0.1, 0.15) is 20.3 Å². The SMILES string of the molecule is CCC(N)=C(C)C(=O)OC. The Balaban J connectivity index is 4.30. The van der Waals surface area contributed by atoms with Crippen LogP contribution in [0.5, 0.6) is 0 Å². The summed E-state index contributed by atoms with van der Waals surface area (Å²) in [6.45, 7) is 3.55. The van der Waals surface area contributed by atoms with Crippen LogP contribution in [0.15, 0.2) is 11.3 Å². The lowest BCUT2D eigenvalue weighted by Gasteiger charge is -2.01. The fourth-order valence-electron chi connectivity index (χ4n) is 0.549. The van der Waals surface area contributed by atoms with E-state index in [9.17, 15) is 4.79 Å². The molecule has 0 amide bonds. The molecular formula is C7H13NO2. The topological polar surface area (TPSA) is 52.3 Å². The molecule has 0 saturated heterocycles. The van der Waals surface area contributed by atoms with E-state index in [-0.39, 0.29) is 5.97 Å². The second kappa shape index (κ2) is 3.93. The van der Waals surface area contributed by atoms with E-state index in [1.54, 1.807) is 6.92 Å². The second-order valence-electron chi connectivity index (χ2n) is 2.00. The van der Waals surface area contributed by atoms with Gasteiger partial charge in [-0.2, -0.15) is 0 Å². The smallest absolute Gasteiger partial charge is 0.335 e. The molecule has 0 aromatic heterocycles. The molecule has 0 atom stereocenters. The Labute approximate surface area is 60.9 Å². The Bertz CT molecular complexity index is 161. The summed E-state index contributed by atoms with van der Waals surface area (Å²) >= 11 is 0. The van der Waals surface area contributed by atoms with Crippen molar-refractivity contribution < 1.29 is 9.53 Å². The molecule has 0 aromatic rings. The molecule has 0 heterocycles. The molecular weight excluding hydrogens is 130 g/mol. The van der Waals surface area contributed by atoms with E-state index in [0.717, 1.165) is 0 Å². The van der Waals surface area contributed by atoms with Gasteiger partial charge >= 0.3 is 5.97 Å². The minimum Gasteiger partial charge on any atom is -0.466 e. The maximum Gasteiger partial charge on any atom is 0.335 e. The Morgan fingerprint density at radius 3 is 2.40 bits per heavy atom. The molecule has 0 aliphatic rings. The monoisotopic (exact) mass is 143 g/mol. The van der Waals surface area contributed by atoms with Crippen LogP contribution >= 0.6 is 0 Å². The van der Waals surface area contributed by atoms with Crippen LogP contribution < -0.4 is 5.73 Å². The average Bonchev–Trinajstić information content (AvgIpc) is 2.00. The molecule has 10 heavy (non-hydrogen) atoms. The van der Waals surface area contributed by atoms with Crippen molar-refractivity contribution in [1.29, 1.82) is 0 Å². The molecule has 3 heteroatoms. The summed E-state index contributed by atoms with van der Waals surface area (Å²) in [6.07, 6.45) is 0.681. The van der Waals surface area contributed by atoms with E-state index in [1.165, 1.54) is 7.11 Å². The third-order valence-electron chi connectivity index (χ3n) is 1.35. The van der Waals surface area contributed by atoms with Crippen molar-refractivity contribution in [3.8, 4) is 0 Å². The van der Waals surface area contributed by atoms with E-state index < -0.39 is 0 Å². The molecule has 0 saturated carbocycles. The maximum absolute atomic E-state index is 10.8. The first-order valence-corrected chi connectivity index (χ1v) is 3.17. The number of esters is 1. The van der Waals surface area contributed by atoms with Crippen molar-refractivity contribution >= 4 is 5.97 Å². The molecule has 0 bridgehead atoms. The summed E-state index contributed by atoms with van der Waals surface area (Å²) < 4.78 is 4.46. The maximum atomic E-state index is 10.8. The number of ether oxygens (including phenoxy) is 1. The normalized spacial score (nSPS) is 12.3. The fraction of sp³-hybridized carbons (Fsp3) is 0.571. The van der Waals surface area contributed by atoms with Crippen molar-refractivity contribution in [2.75, 3.05) is 7.11 Å². The number of hydrogen-bond donors (Lipinski definition) is 1. The Hall–Kier alpha value is -0.990. The summed E-state index contributed by atoms with van der Waals surface area (Å²) in [5.74, 6) is -0.348. The molecule has 0 fully saturated rings. The predicted molar refractivity (Wildman–Crippen MR) is 39.2 cm³/mol. The first kappa shape index (κ1) is 9.01. The first-order valence-electron chi connectivity index (χ1n) is 3.17. The lowest BCUT2D eigenvalue weighted by Crippen LogP contribution is -2.09. The number of methoxy groups -OCH3 is 1. The van der Waals surface area contributed by atoms with Gasteiger partial charge in [0, 0.05) is 5.70 Å². The third kappa shape index (κ3) is 2.09. The van der Waals surface area contributed by atoms with Gasteiger partial charge in [-0.1, -0.05) is 6.92 Å². The molecule has 0 rings (SSSR count). The number of nitrogens with two attached hydrogens (primary N) is 1. The van der Waals surface area contributed by atoms with Crippen molar-refractivity contribution in [1.82, 2.24) is 0 Å². The summed E-state index contributed by atoms with van der Waals surface area (Å²) in [6, 6.07) is 0. The predicted octanol–water partition coefficient (Wildman–Crippen LogP) is 0.802. The molecule has 58 valence electrons. The van der Waals surface area contributed by atoms with Crippen molar-refractivity contribution in [3.63, 3.8) is 0 Å². The standard InChI is InChI=1S/C7H13NO2/c1-4-6(8)5(2)7(9)10-3/h4,8H2,1-3H3. The van der Waals surface area contributed by atoms with Crippen LogP contribution in [0, 0.1) is 0 Å². The van der Waals surface area contributed by atoms with Gasteiger partial charge in [0.05, 0.1) is 12.7 Å². The summed E-state index contributed by atoms with van der Waals surface area (Å²) in [5.41, 5.74) is 6.57. The highest BCUT2D eigenvalue weighted by Crippen LogP contribution is 2.02. The van der Waals surface area contributed by atoms with E-state index in [1.807, 2.05) is 6.92 Å². The van der Waals surface area contributed by atoms with Gasteiger partial charge in [0.25, 0.3) is 0 Å². The van der Waals surface area contributed by atoms with Gasteiger partial charge in [-0.15, -0.1) is 0 Å². The lowest BCUT2D eigenvalue weighted by atomic mass is 10.2. The minimum absolute atomic E-state index is 0.348. The zero-order chi connectivity index (χ0) is 8.15. The molecule has 0 aliphatic heterocycles. The van der Waals surface area contributed by atoms with Gasteiger partial charge in [-0.3, -0.25) is 0 Å². The molecule has 2 N–H and O–H groups in total. The quantitative estimate of drug-likeness (QED) is 0.459. The Morgan fingerprint density at radius 1 is 1.60 bits per heavy atom. The molecule has 0 aromatic carbocycles. The molecule has 0 radical (unpaired) electrons. The summed E-state index contributed by atoms with van der Waals surface area (Å²) in [7, 11) is 1.34. The van der Waals surface area contributed by atoms with Gasteiger partial charge in [0.2, 0.25) is 0 Å².